The Morgan fingerprint density at radius 2 is 1.85 bits per heavy atom. The van der Waals surface area contributed by atoms with Crippen LogP contribution in [0.3, 0.4) is 0 Å². The van der Waals surface area contributed by atoms with Gasteiger partial charge in [-0.15, -0.1) is 11.3 Å². The number of rotatable bonds is 11. The number of carbonyl (C=O) groups excluding carboxylic acids is 1. The van der Waals surface area contributed by atoms with Gasteiger partial charge in [0.15, 0.2) is 0 Å². The minimum atomic E-state index is -0.174. The number of benzene rings is 2. The highest BCUT2D eigenvalue weighted by Gasteiger charge is 2.19. The van der Waals surface area contributed by atoms with Crippen LogP contribution in [0.2, 0.25) is 0 Å². The second-order valence-corrected chi connectivity index (χ2v) is 9.69. The fourth-order valence-corrected chi connectivity index (χ4v) is 5.24. The first-order valence-corrected chi connectivity index (χ1v) is 13.2. The van der Waals surface area contributed by atoms with Gasteiger partial charge in [-0.05, 0) is 68.3 Å². The van der Waals surface area contributed by atoms with E-state index in [0.717, 1.165) is 74.2 Å². The molecule has 0 atom stereocenters. The van der Waals surface area contributed by atoms with Crippen molar-refractivity contribution in [1.29, 1.82) is 0 Å². The summed E-state index contributed by atoms with van der Waals surface area (Å²) in [5.74, 6) is 0.606. The Balaban J connectivity index is 1.12. The van der Waals surface area contributed by atoms with E-state index in [0.29, 0.717) is 18.7 Å². The van der Waals surface area contributed by atoms with Crippen molar-refractivity contribution in [3.63, 3.8) is 0 Å². The monoisotopic (exact) mass is 483 g/mol. The number of piperazine rings is 1. The van der Waals surface area contributed by atoms with Gasteiger partial charge in [-0.25, -0.2) is 4.39 Å². The van der Waals surface area contributed by atoms with Crippen LogP contribution in [0.5, 0.6) is 5.75 Å². The lowest BCUT2D eigenvalue weighted by Gasteiger charge is -2.35. The lowest BCUT2D eigenvalue weighted by Crippen LogP contribution is -2.46. The highest BCUT2D eigenvalue weighted by atomic mass is 32.1. The van der Waals surface area contributed by atoms with Gasteiger partial charge in [0.2, 0.25) is 0 Å². The van der Waals surface area contributed by atoms with Gasteiger partial charge >= 0.3 is 0 Å². The van der Waals surface area contributed by atoms with Crippen molar-refractivity contribution in [3.05, 3.63) is 59.2 Å². The molecule has 7 heteroatoms. The van der Waals surface area contributed by atoms with Gasteiger partial charge in [0.05, 0.1) is 12.3 Å². The fourth-order valence-electron chi connectivity index (χ4n) is 4.25. The number of thiophene rings is 1. The summed E-state index contributed by atoms with van der Waals surface area (Å²) in [5, 5.41) is 6.32. The highest BCUT2D eigenvalue weighted by Crippen LogP contribution is 2.34. The first kappa shape index (κ1) is 24.5. The molecule has 0 radical (unpaired) electrons. The van der Waals surface area contributed by atoms with Crippen molar-refractivity contribution >= 4 is 33.0 Å². The molecule has 2 aromatic carbocycles. The summed E-state index contributed by atoms with van der Waals surface area (Å²) in [7, 11) is 0. The van der Waals surface area contributed by atoms with Gasteiger partial charge in [-0.1, -0.05) is 13.3 Å². The fraction of sp³-hybridized carbons (Fsp3) is 0.444. The summed E-state index contributed by atoms with van der Waals surface area (Å²) in [6.07, 6.45) is 4.16. The predicted molar refractivity (Wildman–Crippen MR) is 139 cm³/mol. The minimum absolute atomic E-state index is 0.0309. The Labute approximate surface area is 205 Å². The number of hydrogen-bond acceptors (Lipinski definition) is 5. The normalized spacial score (nSPS) is 14.5. The van der Waals surface area contributed by atoms with E-state index in [2.05, 4.69) is 27.4 Å². The summed E-state index contributed by atoms with van der Waals surface area (Å²) in [6.45, 7) is 8.60. The lowest BCUT2D eigenvalue weighted by molar-refractivity contribution is 0.0952. The Morgan fingerprint density at radius 1 is 1.06 bits per heavy atom. The standard InChI is InChI=1S/C27H34FN3O2S/c1-2-3-18-33-23-9-6-21(7-10-23)27(32)29-12-4-5-13-30-14-16-31(17-15-30)25-20-34-26-19-22(28)8-11-24(25)26/h6-11,19-20H,2-5,12-18H2,1H3,(H,29,32). The highest BCUT2D eigenvalue weighted by molar-refractivity contribution is 7.17. The molecule has 1 N–H and O–H groups in total. The van der Waals surface area contributed by atoms with E-state index in [1.54, 1.807) is 23.5 Å². The number of hydrogen-bond donors (Lipinski definition) is 1. The topological polar surface area (TPSA) is 44.8 Å². The number of unbranched alkanes of at least 4 members (excludes halogenated alkanes) is 2. The minimum Gasteiger partial charge on any atom is -0.494 e. The largest absolute Gasteiger partial charge is 0.494 e. The van der Waals surface area contributed by atoms with E-state index in [1.165, 1.54) is 5.69 Å². The molecule has 1 fully saturated rings. The quantitative estimate of drug-likeness (QED) is 0.363. The van der Waals surface area contributed by atoms with Crippen LogP contribution in [0.1, 0.15) is 43.0 Å². The van der Waals surface area contributed by atoms with Crippen LogP contribution in [0.25, 0.3) is 10.1 Å². The van der Waals surface area contributed by atoms with E-state index in [9.17, 15) is 9.18 Å². The maximum absolute atomic E-state index is 13.5. The van der Waals surface area contributed by atoms with Crippen molar-refractivity contribution in [1.82, 2.24) is 10.2 Å². The zero-order valence-electron chi connectivity index (χ0n) is 19.9. The number of nitrogens with zero attached hydrogens (tertiary/aromatic N) is 2. The average Bonchev–Trinajstić information content (AvgIpc) is 3.27. The lowest BCUT2D eigenvalue weighted by atomic mass is 10.2. The Bertz CT molecular complexity index is 1060. The second kappa shape index (κ2) is 12.2. The first-order valence-electron chi connectivity index (χ1n) is 12.3. The van der Waals surface area contributed by atoms with Gasteiger partial charge in [0.25, 0.3) is 5.91 Å². The van der Waals surface area contributed by atoms with Crippen LogP contribution in [0.15, 0.2) is 47.8 Å². The van der Waals surface area contributed by atoms with Crippen molar-refractivity contribution in [2.24, 2.45) is 0 Å². The number of halogens is 1. The SMILES string of the molecule is CCCCOc1ccc(C(=O)NCCCCN2CCN(c3csc4cc(F)ccc34)CC2)cc1. The number of nitrogens with one attached hydrogen (secondary N) is 1. The molecule has 1 aliphatic rings. The molecule has 1 saturated heterocycles. The van der Waals surface area contributed by atoms with Crippen molar-refractivity contribution in [2.45, 2.75) is 32.6 Å². The molecule has 0 spiro atoms. The number of fused-ring (bicyclic) bond motifs is 1. The third kappa shape index (κ3) is 6.48. The van der Waals surface area contributed by atoms with Crippen molar-refractivity contribution in [2.75, 3.05) is 50.8 Å². The summed E-state index contributed by atoms with van der Waals surface area (Å²) >= 11 is 1.61. The van der Waals surface area contributed by atoms with E-state index in [4.69, 9.17) is 4.74 Å². The van der Waals surface area contributed by atoms with E-state index < -0.39 is 0 Å². The summed E-state index contributed by atoms with van der Waals surface area (Å²) in [4.78, 5) is 17.3. The molecular formula is C27H34FN3O2S. The second-order valence-electron chi connectivity index (χ2n) is 8.78. The molecule has 5 nitrogen and oxygen atoms in total. The molecule has 3 aromatic rings. The molecule has 0 bridgehead atoms. The van der Waals surface area contributed by atoms with Gasteiger partial charge in [0.1, 0.15) is 11.6 Å². The first-order chi connectivity index (χ1) is 16.6. The summed E-state index contributed by atoms with van der Waals surface area (Å²) in [5.41, 5.74) is 1.89. The van der Waals surface area contributed by atoms with E-state index >= 15 is 0 Å². The van der Waals surface area contributed by atoms with Gasteiger partial charge in [-0.2, -0.15) is 0 Å². The zero-order valence-corrected chi connectivity index (χ0v) is 20.7. The third-order valence-corrected chi connectivity index (χ3v) is 7.23. The number of ether oxygens (including phenoxy) is 1. The molecule has 0 saturated carbocycles. The molecule has 2 heterocycles. The average molecular weight is 484 g/mol. The zero-order chi connectivity index (χ0) is 23.8. The molecule has 34 heavy (non-hydrogen) atoms. The molecule has 4 rings (SSSR count). The van der Waals surface area contributed by atoms with Crippen LogP contribution in [0, 0.1) is 5.82 Å². The molecular weight excluding hydrogens is 449 g/mol. The van der Waals surface area contributed by atoms with E-state index in [1.807, 2.05) is 30.3 Å². The van der Waals surface area contributed by atoms with Gasteiger partial charge in [0, 0.05) is 53.8 Å². The maximum atomic E-state index is 13.5. The molecule has 1 amide bonds. The van der Waals surface area contributed by atoms with Gasteiger partial charge < -0.3 is 15.0 Å². The Morgan fingerprint density at radius 3 is 2.62 bits per heavy atom. The van der Waals surface area contributed by atoms with Crippen molar-refractivity contribution < 1.29 is 13.9 Å². The number of carbonyl (C=O) groups is 1. The molecule has 0 unspecified atom stereocenters. The van der Waals surface area contributed by atoms with Crippen molar-refractivity contribution in [3.8, 4) is 5.75 Å². The molecule has 1 aliphatic heterocycles. The predicted octanol–water partition coefficient (Wildman–Crippen LogP) is 5.55. The number of amides is 1. The molecule has 182 valence electrons. The van der Waals surface area contributed by atoms with Crippen LogP contribution in [-0.2, 0) is 0 Å². The maximum Gasteiger partial charge on any atom is 0.251 e. The number of anilines is 1. The van der Waals surface area contributed by atoms with E-state index in [-0.39, 0.29) is 11.7 Å². The third-order valence-electron chi connectivity index (χ3n) is 6.30. The van der Waals surface area contributed by atoms with Crippen LogP contribution in [-0.4, -0.2) is 56.7 Å². The van der Waals surface area contributed by atoms with Crippen LogP contribution in [0.4, 0.5) is 10.1 Å². The van der Waals surface area contributed by atoms with Crippen LogP contribution < -0.4 is 15.0 Å². The Hall–Kier alpha value is -2.64. The smallest absolute Gasteiger partial charge is 0.251 e. The Kier molecular flexibility index (Phi) is 8.77. The van der Waals surface area contributed by atoms with Gasteiger partial charge in [-0.3, -0.25) is 9.69 Å². The molecule has 1 aromatic heterocycles. The van der Waals surface area contributed by atoms with Crippen LogP contribution >= 0.6 is 11.3 Å². The molecule has 0 aliphatic carbocycles. The summed E-state index contributed by atoms with van der Waals surface area (Å²) < 4.78 is 20.1. The summed E-state index contributed by atoms with van der Waals surface area (Å²) in [6, 6.07) is 12.4.